The number of sulfonamides is 1. The standard InChI is InChI=1S/C19H30N2O6S/c1-15(2)26-10-4-7-20-19(22)14-27-18-6-5-17(13-16(18)3)28(23,24)21-8-11-25-12-9-21/h5-6,13,15H,4,7-12,14H2,1-3H3,(H,20,22). The zero-order valence-electron chi connectivity index (χ0n) is 16.8. The highest BCUT2D eigenvalue weighted by atomic mass is 32.2. The van der Waals surface area contributed by atoms with Crippen LogP contribution in [0.15, 0.2) is 23.1 Å². The number of amides is 1. The maximum atomic E-state index is 12.7. The van der Waals surface area contributed by atoms with Crippen molar-refractivity contribution < 1.29 is 27.4 Å². The molecule has 0 aromatic heterocycles. The van der Waals surface area contributed by atoms with Gasteiger partial charge in [-0.1, -0.05) is 0 Å². The van der Waals surface area contributed by atoms with Gasteiger partial charge in [-0.2, -0.15) is 4.31 Å². The van der Waals surface area contributed by atoms with E-state index in [0.29, 0.717) is 50.8 Å². The molecule has 1 saturated heterocycles. The third-order valence-electron chi connectivity index (χ3n) is 4.21. The van der Waals surface area contributed by atoms with Gasteiger partial charge in [0, 0.05) is 26.2 Å². The minimum atomic E-state index is -3.55. The first-order chi connectivity index (χ1) is 13.3. The first-order valence-corrected chi connectivity index (χ1v) is 10.9. The molecule has 1 aromatic rings. The Balaban J connectivity index is 1.84. The summed E-state index contributed by atoms with van der Waals surface area (Å²) in [7, 11) is -3.55. The summed E-state index contributed by atoms with van der Waals surface area (Å²) in [6, 6.07) is 4.67. The van der Waals surface area contributed by atoms with E-state index in [4.69, 9.17) is 14.2 Å². The largest absolute Gasteiger partial charge is 0.484 e. The molecule has 2 rings (SSSR count). The molecule has 1 N–H and O–H groups in total. The van der Waals surface area contributed by atoms with E-state index in [1.54, 1.807) is 19.1 Å². The van der Waals surface area contributed by atoms with Crippen LogP contribution in [0.1, 0.15) is 25.8 Å². The molecule has 0 saturated carbocycles. The van der Waals surface area contributed by atoms with Crippen molar-refractivity contribution >= 4 is 15.9 Å². The zero-order chi connectivity index (χ0) is 20.6. The fraction of sp³-hybridized carbons (Fsp3) is 0.632. The summed E-state index contributed by atoms with van der Waals surface area (Å²) in [5.74, 6) is 0.258. The van der Waals surface area contributed by atoms with Crippen LogP contribution in [0.25, 0.3) is 0 Å². The number of hydrogen-bond acceptors (Lipinski definition) is 6. The first-order valence-electron chi connectivity index (χ1n) is 9.50. The molecule has 8 nitrogen and oxygen atoms in total. The van der Waals surface area contributed by atoms with Crippen LogP contribution in [0, 0.1) is 6.92 Å². The van der Waals surface area contributed by atoms with E-state index in [2.05, 4.69) is 5.32 Å². The minimum absolute atomic E-state index is 0.124. The van der Waals surface area contributed by atoms with Gasteiger partial charge < -0.3 is 19.5 Å². The predicted octanol–water partition coefficient (Wildman–Crippen LogP) is 1.33. The highest BCUT2D eigenvalue weighted by Crippen LogP contribution is 2.24. The van der Waals surface area contributed by atoms with Crippen LogP contribution in [0.3, 0.4) is 0 Å². The smallest absolute Gasteiger partial charge is 0.257 e. The number of ether oxygens (including phenoxy) is 3. The van der Waals surface area contributed by atoms with Crippen LogP contribution < -0.4 is 10.1 Å². The molecule has 0 atom stereocenters. The van der Waals surface area contributed by atoms with Gasteiger partial charge in [-0.25, -0.2) is 8.42 Å². The molecule has 1 aliphatic heterocycles. The van der Waals surface area contributed by atoms with Crippen molar-refractivity contribution in [3.63, 3.8) is 0 Å². The maximum Gasteiger partial charge on any atom is 0.257 e. The number of morpholine rings is 1. The second-order valence-corrected chi connectivity index (χ2v) is 8.79. The molecule has 28 heavy (non-hydrogen) atoms. The molecule has 0 radical (unpaired) electrons. The van der Waals surface area contributed by atoms with Crippen LogP contribution in [0.4, 0.5) is 0 Å². The number of rotatable bonds is 10. The lowest BCUT2D eigenvalue weighted by Crippen LogP contribution is -2.40. The molecule has 1 heterocycles. The van der Waals surface area contributed by atoms with Gasteiger partial charge >= 0.3 is 0 Å². The third kappa shape index (κ3) is 6.73. The molecule has 0 bridgehead atoms. The second-order valence-electron chi connectivity index (χ2n) is 6.86. The Kier molecular flexibility index (Phi) is 8.68. The van der Waals surface area contributed by atoms with Crippen LogP contribution in [0.2, 0.25) is 0 Å². The Morgan fingerprint density at radius 1 is 1.29 bits per heavy atom. The summed E-state index contributed by atoms with van der Waals surface area (Å²) in [6.45, 7) is 8.18. The molecular weight excluding hydrogens is 384 g/mol. The Morgan fingerprint density at radius 3 is 2.64 bits per heavy atom. The SMILES string of the molecule is Cc1cc(S(=O)(=O)N2CCOCC2)ccc1OCC(=O)NCCCOC(C)C. The fourth-order valence-electron chi connectivity index (χ4n) is 2.69. The van der Waals surface area contributed by atoms with Crippen molar-refractivity contribution in [2.24, 2.45) is 0 Å². The van der Waals surface area contributed by atoms with E-state index in [1.807, 2.05) is 13.8 Å². The van der Waals surface area contributed by atoms with Crippen molar-refractivity contribution in [2.75, 3.05) is 46.1 Å². The summed E-state index contributed by atoms with van der Waals surface area (Å²) in [4.78, 5) is 12.1. The fourth-order valence-corrected chi connectivity index (χ4v) is 4.19. The Labute approximate surface area is 167 Å². The van der Waals surface area contributed by atoms with E-state index in [1.165, 1.54) is 10.4 Å². The van der Waals surface area contributed by atoms with Gasteiger partial charge in [0.2, 0.25) is 10.0 Å². The normalized spacial score (nSPS) is 15.6. The molecule has 1 aliphatic rings. The second kappa shape index (κ2) is 10.8. The zero-order valence-corrected chi connectivity index (χ0v) is 17.6. The van der Waals surface area contributed by atoms with Crippen molar-refractivity contribution in [3.8, 4) is 5.75 Å². The summed E-state index contributed by atoms with van der Waals surface area (Å²) in [5, 5.41) is 2.77. The Bertz CT molecular complexity index is 745. The van der Waals surface area contributed by atoms with E-state index in [9.17, 15) is 13.2 Å². The van der Waals surface area contributed by atoms with Gasteiger partial charge in [-0.15, -0.1) is 0 Å². The molecule has 1 aromatic carbocycles. The number of benzene rings is 1. The molecule has 158 valence electrons. The molecule has 0 spiro atoms. The van der Waals surface area contributed by atoms with Crippen LogP contribution in [0.5, 0.6) is 5.75 Å². The van der Waals surface area contributed by atoms with Gasteiger partial charge in [0.1, 0.15) is 5.75 Å². The third-order valence-corrected chi connectivity index (χ3v) is 6.10. The molecular formula is C19H30N2O6S. The van der Waals surface area contributed by atoms with Gasteiger partial charge in [0.25, 0.3) is 5.91 Å². The van der Waals surface area contributed by atoms with E-state index >= 15 is 0 Å². The number of nitrogens with zero attached hydrogens (tertiary/aromatic N) is 1. The number of carbonyl (C=O) groups is 1. The monoisotopic (exact) mass is 414 g/mol. The highest BCUT2D eigenvalue weighted by molar-refractivity contribution is 7.89. The van der Waals surface area contributed by atoms with Gasteiger partial charge in [0.05, 0.1) is 24.2 Å². The number of hydrogen-bond donors (Lipinski definition) is 1. The van der Waals surface area contributed by atoms with Crippen LogP contribution in [-0.4, -0.2) is 70.8 Å². The highest BCUT2D eigenvalue weighted by Gasteiger charge is 2.26. The van der Waals surface area contributed by atoms with Gasteiger partial charge in [0.15, 0.2) is 6.61 Å². The van der Waals surface area contributed by atoms with E-state index < -0.39 is 10.0 Å². The lowest BCUT2D eigenvalue weighted by Gasteiger charge is -2.26. The lowest BCUT2D eigenvalue weighted by molar-refractivity contribution is -0.123. The van der Waals surface area contributed by atoms with Crippen LogP contribution >= 0.6 is 0 Å². The van der Waals surface area contributed by atoms with Crippen molar-refractivity contribution in [3.05, 3.63) is 23.8 Å². The molecule has 9 heteroatoms. The Morgan fingerprint density at radius 2 is 2.00 bits per heavy atom. The molecule has 1 amide bonds. The number of carbonyl (C=O) groups excluding carboxylic acids is 1. The lowest BCUT2D eigenvalue weighted by atomic mass is 10.2. The van der Waals surface area contributed by atoms with Crippen molar-refractivity contribution in [1.82, 2.24) is 9.62 Å². The summed E-state index contributed by atoms with van der Waals surface area (Å²) >= 11 is 0. The predicted molar refractivity (Wildman–Crippen MR) is 105 cm³/mol. The average molecular weight is 415 g/mol. The Hall–Kier alpha value is -1.68. The summed E-state index contributed by atoms with van der Waals surface area (Å²) in [5.41, 5.74) is 0.660. The topological polar surface area (TPSA) is 94.2 Å². The van der Waals surface area contributed by atoms with E-state index in [-0.39, 0.29) is 23.5 Å². The maximum absolute atomic E-state index is 12.7. The number of aryl methyl sites for hydroxylation is 1. The summed E-state index contributed by atoms with van der Waals surface area (Å²) in [6.07, 6.45) is 0.911. The molecule has 1 fully saturated rings. The average Bonchev–Trinajstić information content (AvgIpc) is 2.67. The number of nitrogens with one attached hydrogen (secondary N) is 1. The minimum Gasteiger partial charge on any atom is -0.484 e. The van der Waals surface area contributed by atoms with Gasteiger partial charge in [-0.3, -0.25) is 4.79 Å². The molecule has 0 unspecified atom stereocenters. The van der Waals surface area contributed by atoms with Crippen molar-refractivity contribution in [2.45, 2.75) is 38.2 Å². The quantitative estimate of drug-likeness (QED) is 0.581. The molecule has 0 aliphatic carbocycles. The van der Waals surface area contributed by atoms with Gasteiger partial charge in [-0.05, 0) is 51.0 Å². The van der Waals surface area contributed by atoms with E-state index in [0.717, 1.165) is 6.42 Å². The van der Waals surface area contributed by atoms with Crippen LogP contribution in [-0.2, 0) is 24.3 Å². The first kappa shape index (κ1) is 22.6. The summed E-state index contributed by atoms with van der Waals surface area (Å²) < 4.78 is 42.9. The van der Waals surface area contributed by atoms with Crippen molar-refractivity contribution in [1.29, 1.82) is 0 Å².